The quantitative estimate of drug-likeness (QED) is 0.877. The highest BCUT2D eigenvalue weighted by molar-refractivity contribution is 5.94. The summed E-state index contributed by atoms with van der Waals surface area (Å²) in [5, 5.41) is 2.97. The van der Waals surface area contributed by atoms with Gasteiger partial charge in [-0.1, -0.05) is 24.3 Å². The minimum Gasteiger partial charge on any atom is -0.345 e. The van der Waals surface area contributed by atoms with Crippen molar-refractivity contribution in [3.05, 3.63) is 71.0 Å². The van der Waals surface area contributed by atoms with E-state index in [1.165, 1.54) is 12.1 Å². The van der Waals surface area contributed by atoms with Crippen LogP contribution < -0.4 is 5.32 Å². The van der Waals surface area contributed by atoms with Crippen molar-refractivity contribution < 1.29 is 9.18 Å². The van der Waals surface area contributed by atoms with Crippen LogP contribution in [0.2, 0.25) is 0 Å². The molecule has 3 heteroatoms. The number of aryl methyl sites for hydroxylation is 1. The molecule has 1 amide bonds. The van der Waals surface area contributed by atoms with Crippen LogP contribution in [0.3, 0.4) is 0 Å². The molecule has 2 aromatic carbocycles. The van der Waals surface area contributed by atoms with Crippen molar-refractivity contribution in [2.75, 3.05) is 0 Å². The molecule has 1 aliphatic carbocycles. The zero-order valence-electron chi connectivity index (χ0n) is 10.4. The number of fused-ring (bicyclic) bond motifs is 1. The zero-order valence-corrected chi connectivity index (χ0v) is 10.4. The first-order valence-corrected chi connectivity index (χ1v) is 6.38. The number of carbonyl (C=O) groups is 1. The molecule has 0 radical (unpaired) electrons. The van der Waals surface area contributed by atoms with Crippen LogP contribution in [0.25, 0.3) is 0 Å². The minimum atomic E-state index is -0.250. The third kappa shape index (κ3) is 2.36. The molecule has 3 rings (SSSR count). The minimum absolute atomic E-state index is 0.0848. The highest BCUT2D eigenvalue weighted by Gasteiger charge is 2.24. The van der Waals surface area contributed by atoms with E-state index >= 15 is 0 Å². The first kappa shape index (κ1) is 11.9. The summed E-state index contributed by atoms with van der Waals surface area (Å²) in [5.41, 5.74) is 2.66. The largest absolute Gasteiger partial charge is 0.345 e. The maximum Gasteiger partial charge on any atom is 0.251 e. The Morgan fingerprint density at radius 3 is 2.74 bits per heavy atom. The van der Waals surface area contributed by atoms with Gasteiger partial charge in [-0.25, -0.2) is 4.39 Å². The molecule has 0 aromatic heterocycles. The fourth-order valence-electron chi connectivity index (χ4n) is 2.55. The van der Waals surface area contributed by atoms with Gasteiger partial charge in [0, 0.05) is 5.56 Å². The van der Waals surface area contributed by atoms with Crippen molar-refractivity contribution >= 4 is 5.91 Å². The van der Waals surface area contributed by atoms with Crippen LogP contribution in [0.15, 0.2) is 48.5 Å². The predicted octanol–water partition coefficient (Wildman–Crippen LogP) is 3.24. The summed E-state index contributed by atoms with van der Waals surface area (Å²) in [6, 6.07) is 13.8. The number of carbonyl (C=O) groups excluding carboxylic acids is 1. The molecule has 19 heavy (non-hydrogen) atoms. The number of halogens is 1. The van der Waals surface area contributed by atoms with Crippen LogP contribution in [0.4, 0.5) is 4.39 Å². The first-order chi connectivity index (χ1) is 9.24. The van der Waals surface area contributed by atoms with Gasteiger partial charge in [0.25, 0.3) is 5.91 Å². The van der Waals surface area contributed by atoms with Crippen molar-refractivity contribution in [1.29, 1.82) is 0 Å². The fraction of sp³-hybridized carbons (Fsp3) is 0.188. The second kappa shape index (κ2) is 4.84. The summed E-state index contributed by atoms with van der Waals surface area (Å²) in [7, 11) is 0. The van der Waals surface area contributed by atoms with E-state index in [9.17, 15) is 9.18 Å². The molecule has 0 heterocycles. The normalized spacial score (nSPS) is 17.0. The van der Waals surface area contributed by atoms with Crippen molar-refractivity contribution in [2.45, 2.75) is 18.9 Å². The summed E-state index contributed by atoms with van der Waals surface area (Å²) in [6.07, 6.45) is 1.71. The second-order valence-electron chi connectivity index (χ2n) is 4.77. The summed E-state index contributed by atoms with van der Waals surface area (Å²) >= 11 is 0. The zero-order chi connectivity index (χ0) is 13.2. The van der Waals surface area contributed by atoms with Crippen molar-refractivity contribution in [2.24, 2.45) is 0 Å². The number of hydrogen-bond acceptors (Lipinski definition) is 1. The summed E-state index contributed by atoms with van der Waals surface area (Å²) in [5.74, 6) is -0.359. The van der Waals surface area contributed by atoms with Gasteiger partial charge in [0.2, 0.25) is 0 Å². The molecule has 1 N–H and O–H groups in total. The Hall–Kier alpha value is -2.16. The second-order valence-corrected chi connectivity index (χ2v) is 4.77. The van der Waals surface area contributed by atoms with Gasteiger partial charge < -0.3 is 5.32 Å². The van der Waals surface area contributed by atoms with Gasteiger partial charge in [-0.3, -0.25) is 4.79 Å². The third-order valence-electron chi connectivity index (χ3n) is 3.53. The molecule has 0 aliphatic heterocycles. The molecule has 1 atom stereocenters. The van der Waals surface area contributed by atoms with Crippen LogP contribution in [-0.4, -0.2) is 5.91 Å². The average molecular weight is 255 g/mol. The Kier molecular flexibility index (Phi) is 3.03. The Balaban J connectivity index is 1.80. The standard InChI is InChI=1S/C16H14FNO/c17-13-8-6-11-7-9-15(14(11)10-13)18-16(19)12-4-2-1-3-5-12/h1-6,8,10,15H,7,9H2,(H,18,19)/t15-/m1/s1. The average Bonchev–Trinajstić information content (AvgIpc) is 2.82. The lowest BCUT2D eigenvalue weighted by atomic mass is 10.1. The molecule has 2 aromatic rings. The van der Waals surface area contributed by atoms with E-state index in [0.29, 0.717) is 5.56 Å². The lowest BCUT2D eigenvalue weighted by Crippen LogP contribution is -2.27. The molecule has 0 saturated carbocycles. The highest BCUT2D eigenvalue weighted by atomic mass is 19.1. The monoisotopic (exact) mass is 255 g/mol. The van der Waals surface area contributed by atoms with Gasteiger partial charge in [-0.2, -0.15) is 0 Å². The van der Waals surface area contributed by atoms with Gasteiger partial charge >= 0.3 is 0 Å². The Morgan fingerprint density at radius 2 is 1.95 bits per heavy atom. The molecule has 0 saturated heterocycles. The van der Waals surface area contributed by atoms with E-state index in [-0.39, 0.29) is 17.8 Å². The van der Waals surface area contributed by atoms with Gasteiger partial charge in [0.05, 0.1) is 6.04 Å². The van der Waals surface area contributed by atoms with Crippen LogP contribution in [-0.2, 0) is 6.42 Å². The molecule has 0 spiro atoms. The highest BCUT2D eigenvalue weighted by Crippen LogP contribution is 2.31. The Morgan fingerprint density at radius 1 is 1.16 bits per heavy atom. The van der Waals surface area contributed by atoms with E-state index in [2.05, 4.69) is 5.32 Å². The smallest absolute Gasteiger partial charge is 0.251 e. The van der Waals surface area contributed by atoms with E-state index in [1.54, 1.807) is 18.2 Å². The van der Waals surface area contributed by atoms with Crippen LogP contribution in [0, 0.1) is 5.82 Å². The molecular weight excluding hydrogens is 241 g/mol. The predicted molar refractivity (Wildman–Crippen MR) is 71.4 cm³/mol. The van der Waals surface area contributed by atoms with Gasteiger partial charge in [-0.15, -0.1) is 0 Å². The molecule has 0 bridgehead atoms. The van der Waals surface area contributed by atoms with Crippen molar-refractivity contribution in [3.63, 3.8) is 0 Å². The lowest BCUT2D eigenvalue weighted by molar-refractivity contribution is 0.0936. The Bertz CT molecular complexity index is 609. The van der Waals surface area contributed by atoms with Crippen molar-refractivity contribution in [1.82, 2.24) is 5.32 Å². The number of benzene rings is 2. The van der Waals surface area contributed by atoms with E-state index in [1.807, 2.05) is 18.2 Å². The summed E-state index contributed by atoms with van der Waals surface area (Å²) < 4.78 is 13.3. The molecule has 2 nitrogen and oxygen atoms in total. The Labute approximate surface area is 111 Å². The van der Waals surface area contributed by atoms with Gasteiger partial charge in [0.15, 0.2) is 0 Å². The number of nitrogens with one attached hydrogen (secondary N) is 1. The summed E-state index contributed by atoms with van der Waals surface area (Å²) in [4.78, 5) is 12.1. The van der Waals surface area contributed by atoms with Gasteiger partial charge in [-0.05, 0) is 48.2 Å². The topological polar surface area (TPSA) is 29.1 Å². The molecule has 96 valence electrons. The SMILES string of the molecule is O=C(N[C@@H]1CCc2ccc(F)cc21)c1ccccc1. The number of amides is 1. The number of hydrogen-bond donors (Lipinski definition) is 1. The van der Waals surface area contributed by atoms with E-state index < -0.39 is 0 Å². The third-order valence-corrected chi connectivity index (χ3v) is 3.53. The lowest BCUT2D eigenvalue weighted by Gasteiger charge is -2.14. The molecule has 0 unspecified atom stereocenters. The van der Waals surface area contributed by atoms with E-state index in [4.69, 9.17) is 0 Å². The maximum atomic E-state index is 13.3. The maximum absolute atomic E-state index is 13.3. The first-order valence-electron chi connectivity index (χ1n) is 6.38. The van der Waals surface area contributed by atoms with Crippen molar-refractivity contribution in [3.8, 4) is 0 Å². The molecule has 1 aliphatic rings. The molecular formula is C16H14FNO. The van der Waals surface area contributed by atoms with Gasteiger partial charge in [0.1, 0.15) is 5.82 Å². The fourth-order valence-corrected chi connectivity index (χ4v) is 2.55. The van der Waals surface area contributed by atoms with E-state index in [0.717, 1.165) is 24.0 Å². The van der Waals surface area contributed by atoms with Crippen LogP contribution in [0.5, 0.6) is 0 Å². The number of rotatable bonds is 2. The van der Waals surface area contributed by atoms with Crippen LogP contribution in [0.1, 0.15) is 33.9 Å². The summed E-state index contributed by atoms with van der Waals surface area (Å²) in [6.45, 7) is 0. The molecule has 0 fully saturated rings. The van der Waals surface area contributed by atoms with Crippen LogP contribution >= 0.6 is 0 Å².